The third-order valence-corrected chi connectivity index (χ3v) is 6.64. The van der Waals surface area contributed by atoms with Gasteiger partial charge < -0.3 is 13.6 Å². The molecule has 37 heavy (non-hydrogen) atoms. The van der Waals surface area contributed by atoms with Gasteiger partial charge in [-0.15, -0.1) is 0 Å². The number of imide groups is 1. The molecule has 0 aliphatic carbocycles. The van der Waals surface area contributed by atoms with Crippen LogP contribution in [0.2, 0.25) is 5.02 Å². The quantitative estimate of drug-likeness (QED) is 0.165. The molecule has 0 N–H and O–H groups in total. The number of furan rings is 1. The zero-order chi connectivity index (χ0) is 26.1. The standard InChI is InChI=1S/C28H22ClNO7/c1-16-14-22-19(15-20(16)29)24(32)26(25(36-22)21-10-7-13-35-21)37-23(31)11-3-2-6-12-30-27(33)17-8-4-5-9-18(17)28(30)34/h4-5,7-10,13-15H,2-3,6,11-12H2,1H3. The van der Waals surface area contributed by atoms with E-state index in [0.29, 0.717) is 41.0 Å². The molecule has 0 saturated heterocycles. The molecule has 3 heterocycles. The van der Waals surface area contributed by atoms with E-state index >= 15 is 0 Å². The molecule has 0 spiro atoms. The van der Waals surface area contributed by atoms with Crippen molar-refractivity contribution in [3.05, 3.63) is 86.7 Å². The zero-order valence-electron chi connectivity index (χ0n) is 19.9. The van der Waals surface area contributed by atoms with Gasteiger partial charge in [0.25, 0.3) is 11.8 Å². The van der Waals surface area contributed by atoms with E-state index < -0.39 is 11.4 Å². The molecule has 9 heteroatoms. The molecule has 4 aromatic rings. The highest BCUT2D eigenvalue weighted by Crippen LogP contribution is 2.33. The topological polar surface area (TPSA) is 107 Å². The predicted molar refractivity (Wildman–Crippen MR) is 136 cm³/mol. The van der Waals surface area contributed by atoms with Crippen LogP contribution in [0.5, 0.6) is 5.75 Å². The van der Waals surface area contributed by atoms with E-state index in [2.05, 4.69) is 0 Å². The molecule has 2 aromatic carbocycles. The first kappa shape index (κ1) is 24.5. The first-order valence-electron chi connectivity index (χ1n) is 11.8. The lowest BCUT2D eigenvalue weighted by Crippen LogP contribution is -2.30. The molecule has 1 aliphatic rings. The number of ether oxygens (including phenoxy) is 1. The summed E-state index contributed by atoms with van der Waals surface area (Å²) >= 11 is 6.19. The van der Waals surface area contributed by atoms with Gasteiger partial charge in [-0.1, -0.05) is 30.2 Å². The zero-order valence-corrected chi connectivity index (χ0v) is 20.7. The van der Waals surface area contributed by atoms with E-state index in [-0.39, 0.29) is 47.4 Å². The van der Waals surface area contributed by atoms with Crippen LogP contribution in [0.3, 0.4) is 0 Å². The molecule has 2 amide bonds. The second-order valence-corrected chi connectivity index (χ2v) is 9.16. The first-order chi connectivity index (χ1) is 17.8. The largest absolute Gasteiger partial charge is 0.461 e. The Morgan fingerprint density at radius 3 is 2.38 bits per heavy atom. The number of unbranched alkanes of at least 4 members (excludes halogenated alkanes) is 2. The number of nitrogens with zero attached hydrogens (tertiary/aromatic N) is 1. The van der Waals surface area contributed by atoms with Crippen LogP contribution >= 0.6 is 11.6 Å². The minimum absolute atomic E-state index is 0.0168. The van der Waals surface area contributed by atoms with E-state index in [9.17, 15) is 19.2 Å². The highest BCUT2D eigenvalue weighted by Gasteiger charge is 2.34. The number of esters is 1. The van der Waals surface area contributed by atoms with Gasteiger partial charge in [-0.3, -0.25) is 24.1 Å². The molecular formula is C28H22ClNO7. The summed E-state index contributed by atoms with van der Waals surface area (Å²) in [7, 11) is 0. The summed E-state index contributed by atoms with van der Waals surface area (Å²) in [4.78, 5) is 52.0. The monoisotopic (exact) mass is 519 g/mol. The second kappa shape index (κ2) is 10.1. The number of benzene rings is 2. The van der Waals surface area contributed by atoms with E-state index in [0.717, 1.165) is 5.56 Å². The van der Waals surface area contributed by atoms with Crippen LogP contribution in [0, 0.1) is 6.92 Å². The van der Waals surface area contributed by atoms with Crippen molar-refractivity contribution in [1.82, 2.24) is 4.90 Å². The Kier molecular flexibility index (Phi) is 6.67. The molecule has 0 fully saturated rings. The predicted octanol–water partition coefficient (Wildman–Crippen LogP) is 5.78. The maximum absolute atomic E-state index is 13.2. The molecule has 188 valence electrons. The van der Waals surface area contributed by atoms with Crippen molar-refractivity contribution in [2.75, 3.05) is 6.54 Å². The average Bonchev–Trinajstić information content (AvgIpc) is 3.50. The molecule has 8 nitrogen and oxygen atoms in total. The van der Waals surface area contributed by atoms with Crippen LogP contribution in [0.15, 0.2) is 68.4 Å². The summed E-state index contributed by atoms with van der Waals surface area (Å²) in [5.41, 5.74) is 1.32. The van der Waals surface area contributed by atoms with Crippen LogP contribution < -0.4 is 10.2 Å². The molecule has 0 unspecified atom stereocenters. The van der Waals surface area contributed by atoms with E-state index in [1.54, 1.807) is 49.4 Å². The Labute approximate surface area is 216 Å². The van der Waals surface area contributed by atoms with Gasteiger partial charge in [0, 0.05) is 18.0 Å². The van der Waals surface area contributed by atoms with E-state index in [1.807, 2.05) is 0 Å². The van der Waals surface area contributed by atoms with Gasteiger partial charge in [0.15, 0.2) is 5.76 Å². The van der Waals surface area contributed by atoms with Crippen molar-refractivity contribution in [2.24, 2.45) is 0 Å². The van der Waals surface area contributed by atoms with Crippen LogP contribution in [-0.2, 0) is 4.79 Å². The van der Waals surface area contributed by atoms with Crippen molar-refractivity contribution >= 4 is 40.4 Å². The van der Waals surface area contributed by atoms with Gasteiger partial charge in [0.05, 0.1) is 22.8 Å². The molecule has 5 rings (SSSR count). The van der Waals surface area contributed by atoms with Gasteiger partial charge in [-0.25, -0.2) is 0 Å². The molecule has 2 aromatic heterocycles. The summed E-state index contributed by atoms with van der Waals surface area (Å²) in [6, 6.07) is 13.1. The number of aryl methyl sites for hydroxylation is 1. The number of halogens is 1. The normalized spacial score (nSPS) is 12.9. The molecule has 1 aliphatic heterocycles. The fourth-order valence-corrected chi connectivity index (χ4v) is 4.45. The van der Waals surface area contributed by atoms with Gasteiger partial charge in [0.1, 0.15) is 5.58 Å². The van der Waals surface area contributed by atoms with Crippen LogP contribution in [-0.4, -0.2) is 29.2 Å². The molecule has 0 radical (unpaired) electrons. The summed E-state index contributed by atoms with van der Waals surface area (Å²) < 4.78 is 16.8. The Morgan fingerprint density at radius 2 is 1.70 bits per heavy atom. The van der Waals surface area contributed by atoms with Crippen molar-refractivity contribution < 1.29 is 28.0 Å². The van der Waals surface area contributed by atoms with Gasteiger partial charge in [-0.2, -0.15) is 0 Å². The smallest absolute Gasteiger partial charge is 0.311 e. The summed E-state index contributed by atoms with van der Waals surface area (Å²) in [5.74, 6) is -1.22. The SMILES string of the molecule is Cc1cc2oc(-c3ccco3)c(OC(=O)CCCCCN3C(=O)c4ccccc4C3=O)c(=O)c2cc1Cl. The minimum atomic E-state index is -0.613. The van der Waals surface area contributed by atoms with E-state index in [4.69, 9.17) is 25.2 Å². The molecule has 0 bridgehead atoms. The fourth-order valence-electron chi connectivity index (χ4n) is 4.28. The molecular weight excluding hydrogens is 498 g/mol. The number of rotatable bonds is 8. The van der Waals surface area contributed by atoms with Crippen LogP contribution in [0.4, 0.5) is 0 Å². The third-order valence-electron chi connectivity index (χ3n) is 6.23. The summed E-state index contributed by atoms with van der Waals surface area (Å²) in [5, 5.41) is 0.579. The maximum Gasteiger partial charge on any atom is 0.311 e. The lowest BCUT2D eigenvalue weighted by atomic mass is 10.1. The molecule has 0 atom stereocenters. The van der Waals surface area contributed by atoms with Gasteiger partial charge >= 0.3 is 5.97 Å². The van der Waals surface area contributed by atoms with Crippen molar-refractivity contribution in [3.63, 3.8) is 0 Å². The third kappa shape index (κ3) is 4.68. The highest BCUT2D eigenvalue weighted by molar-refractivity contribution is 6.32. The Bertz CT molecular complexity index is 1550. The Balaban J connectivity index is 1.24. The number of hydrogen-bond acceptors (Lipinski definition) is 7. The lowest BCUT2D eigenvalue weighted by Gasteiger charge is -2.13. The second-order valence-electron chi connectivity index (χ2n) is 8.76. The Morgan fingerprint density at radius 1 is 0.973 bits per heavy atom. The number of fused-ring (bicyclic) bond motifs is 2. The number of carbonyl (C=O) groups excluding carboxylic acids is 3. The average molecular weight is 520 g/mol. The number of carbonyl (C=O) groups is 3. The number of hydrogen-bond donors (Lipinski definition) is 0. The summed E-state index contributed by atoms with van der Waals surface area (Å²) in [6.07, 6.45) is 3.02. The highest BCUT2D eigenvalue weighted by atomic mass is 35.5. The van der Waals surface area contributed by atoms with Crippen molar-refractivity contribution in [2.45, 2.75) is 32.6 Å². The number of amides is 2. The summed E-state index contributed by atoms with van der Waals surface area (Å²) in [6.45, 7) is 2.05. The minimum Gasteiger partial charge on any atom is -0.461 e. The lowest BCUT2D eigenvalue weighted by molar-refractivity contribution is -0.134. The maximum atomic E-state index is 13.2. The van der Waals surface area contributed by atoms with Gasteiger partial charge in [-0.05, 0) is 61.7 Å². The first-order valence-corrected chi connectivity index (χ1v) is 12.2. The Hall–Kier alpha value is -4.17. The van der Waals surface area contributed by atoms with Crippen LogP contribution in [0.25, 0.3) is 22.5 Å². The van der Waals surface area contributed by atoms with E-state index in [1.165, 1.54) is 17.2 Å². The van der Waals surface area contributed by atoms with Crippen LogP contribution in [0.1, 0.15) is 52.0 Å². The fraction of sp³-hybridized carbons (Fsp3) is 0.214. The van der Waals surface area contributed by atoms with Gasteiger partial charge in [0.2, 0.25) is 16.9 Å². The van der Waals surface area contributed by atoms with Crippen molar-refractivity contribution in [1.29, 1.82) is 0 Å². The van der Waals surface area contributed by atoms with Crippen molar-refractivity contribution in [3.8, 4) is 17.3 Å². The molecule has 0 saturated carbocycles.